The van der Waals surface area contributed by atoms with Crippen LogP contribution in [-0.2, 0) is 11.2 Å². The number of rotatable bonds is 7. The van der Waals surface area contributed by atoms with Crippen molar-refractivity contribution in [2.24, 2.45) is 0 Å². The Bertz CT molecular complexity index is 942. The largest absolute Gasteiger partial charge is 0.497 e. The minimum absolute atomic E-state index is 0.0176. The predicted molar refractivity (Wildman–Crippen MR) is 112 cm³/mol. The van der Waals surface area contributed by atoms with Crippen LogP contribution < -0.4 is 9.64 Å². The van der Waals surface area contributed by atoms with Crippen molar-refractivity contribution >= 4 is 44.2 Å². The minimum Gasteiger partial charge on any atom is -0.497 e. The Balaban J connectivity index is 1.90. The Morgan fingerprint density at radius 1 is 1.19 bits per heavy atom. The topological polar surface area (TPSA) is 45.7 Å². The molecule has 27 heavy (non-hydrogen) atoms. The van der Waals surface area contributed by atoms with E-state index >= 15 is 0 Å². The predicted octanol–water partition coefficient (Wildman–Crippen LogP) is 4.10. The number of aromatic nitrogens is 1. The number of anilines is 1. The van der Waals surface area contributed by atoms with E-state index in [1.165, 1.54) is 11.3 Å². The lowest BCUT2D eigenvalue weighted by atomic mass is 10.1. The molecule has 0 atom stereocenters. The van der Waals surface area contributed by atoms with Crippen LogP contribution in [0.15, 0.2) is 42.5 Å². The molecule has 3 rings (SSSR count). The summed E-state index contributed by atoms with van der Waals surface area (Å²) in [5.41, 5.74) is 1.68. The van der Waals surface area contributed by atoms with Gasteiger partial charge in [-0.2, -0.15) is 0 Å². The third-order valence-corrected chi connectivity index (χ3v) is 5.60. The van der Waals surface area contributed by atoms with Crippen molar-refractivity contribution in [1.29, 1.82) is 0 Å². The molecule has 0 N–H and O–H groups in total. The summed E-state index contributed by atoms with van der Waals surface area (Å²) in [5.74, 6) is 0.760. The highest BCUT2D eigenvalue weighted by atomic mass is 35.5. The Kier molecular flexibility index (Phi) is 6.31. The summed E-state index contributed by atoms with van der Waals surface area (Å²) in [6, 6.07) is 13.2. The number of benzene rings is 2. The highest BCUT2D eigenvalue weighted by Gasteiger charge is 2.21. The van der Waals surface area contributed by atoms with Gasteiger partial charge in [0.2, 0.25) is 5.91 Å². The van der Waals surface area contributed by atoms with E-state index in [1.807, 2.05) is 55.4 Å². The molecule has 0 aliphatic rings. The van der Waals surface area contributed by atoms with Crippen LogP contribution in [0.1, 0.15) is 5.56 Å². The maximum absolute atomic E-state index is 13.1. The number of halogens is 1. The van der Waals surface area contributed by atoms with E-state index in [-0.39, 0.29) is 12.3 Å². The van der Waals surface area contributed by atoms with Crippen LogP contribution in [-0.4, -0.2) is 50.1 Å². The molecule has 1 amide bonds. The molecule has 0 saturated heterocycles. The summed E-state index contributed by atoms with van der Waals surface area (Å²) in [5, 5.41) is 1.30. The van der Waals surface area contributed by atoms with Gasteiger partial charge in [-0.05, 0) is 43.9 Å². The fourth-order valence-corrected chi connectivity index (χ4v) is 3.90. The third kappa shape index (κ3) is 4.77. The van der Waals surface area contributed by atoms with Gasteiger partial charge in [0.15, 0.2) is 5.13 Å². The van der Waals surface area contributed by atoms with E-state index in [9.17, 15) is 4.79 Å². The molecule has 0 aliphatic carbocycles. The highest BCUT2D eigenvalue weighted by Crippen LogP contribution is 2.32. The number of ether oxygens (including phenoxy) is 1. The van der Waals surface area contributed by atoms with Crippen molar-refractivity contribution in [2.45, 2.75) is 6.42 Å². The van der Waals surface area contributed by atoms with Gasteiger partial charge < -0.3 is 9.64 Å². The van der Waals surface area contributed by atoms with Crippen LogP contribution in [0.25, 0.3) is 10.2 Å². The lowest BCUT2D eigenvalue weighted by Crippen LogP contribution is -2.37. The minimum atomic E-state index is -0.0176. The zero-order valence-electron chi connectivity index (χ0n) is 15.6. The Morgan fingerprint density at radius 3 is 2.67 bits per heavy atom. The van der Waals surface area contributed by atoms with E-state index in [2.05, 4.69) is 4.98 Å². The SMILES string of the molecule is COc1ccc2nc(N(CCN(C)C)C(=O)Cc3ccccc3Cl)sc2c1. The van der Waals surface area contributed by atoms with Gasteiger partial charge in [0.05, 0.1) is 23.7 Å². The van der Waals surface area contributed by atoms with E-state index in [0.29, 0.717) is 16.7 Å². The van der Waals surface area contributed by atoms with Gasteiger partial charge in [0.1, 0.15) is 5.75 Å². The number of nitrogens with zero attached hydrogens (tertiary/aromatic N) is 3. The molecule has 0 fully saturated rings. The first-order valence-corrected chi connectivity index (χ1v) is 9.80. The molecule has 3 aromatic rings. The molecule has 5 nitrogen and oxygen atoms in total. The first-order chi connectivity index (χ1) is 13.0. The number of hydrogen-bond donors (Lipinski definition) is 0. The van der Waals surface area contributed by atoms with Crippen molar-refractivity contribution in [3.8, 4) is 5.75 Å². The van der Waals surface area contributed by atoms with Crippen molar-refractivity contribution in [3.63, 3.8) is 0 Å². The van der Waals surface area contributed by atoms with Crippen molar-refractivity contribution in [1.82, 2.24) is 9.88 Å². The van der Waals surface area contributed by atoms with Crippen LogP contribution in [0.2, 0.25) is 5.02 Å². The first kappa shape index (κ1) is 19.6. The summed E-state index contributed by atoms with van der Waals surface area (Å²) >= 11 is 7.73. The molecule has 0 unspecified atom stereocenters. The average molecular weight is 404 g/mol. The molecule has 1 heterocycles. The number of hydrogen-bond acceptors (Lipinski definition) is 5. The second-order valence-corrected chi connectivity index (χ2v) is 7.86. The van der Waals surface area contributed by atoms with Gasteiger partial charge in [0.25, 0.3) is 0 Å². The third-order valence-electron chi connectivity index (χ3n) is 4.19. The van der Waals surface area contributed by atoms with Crippen LogP contribution in [0.4, 0.5) is 5.13 Å². The van der Waals surface area contributed by atoms with E-state index in [0.717, 1.165) is 28.1 Å². The van der Waals surface area contributed by atoms with Gasteiger partial charge in [-0.3, -0.25) is 9.69 Å². The monoisotopic (exact) mass is 403 g/mol. The molecule has 0 aliphatic heterocycles. The van der Waals surface area contributed by atoms with Gasteiger partial charge in [-0.25, -0.2) is 4.98 Å². The summed E-state index contributed by atoms with van der Waals surface area (Å²) in [4.78, 5) is 21.5. The van der Waals surface area contributed by atoms with Gasteiger partial charge in [-0.1, -0.05) is 41.1 Å². The van der Waals surface area contributed by atoms with Gasteiger partial charge in [0, 0.05) is 18.1 Å². The number of likely N-dealkylation sites (N-methyl/N-ethyl adjacent to an activating group) is 1. The quantitative estimate of drug-likeness (QED) is 0.596. The van der Waals surface area contributed by atoms with E-state index < -0.39 is 0 Å². The zero-order chi connectivity index (χ0) is 19.4. The zero-order valence-corrected chi connectivity index (χ0v) is 17.2. The lowest BCUT2D eigenvalue weighted by molar-refractivity contribution is -0.118. The standard InChI is InChI=1S/C20H22ClN3O2S/c1-23(2)10-11-24(19(25)12-14-6-4-5-7-16(14)21)20-22-17-9-8-15(26-3)13-18(17)27-20/h4-9,13H,10-12H2,1-3H3. The van der Waals surface area contributed by atoms with Gasteiger partial charge in [-0.15, -0.1) is 0 Å². The molecule has 0 saturated carbocycles. The summed E-state index contributed by atoms with van der Waals surface area (Å²) in [6.07, 6.45) is 0.242. The summed E-state index contributed by atoms with van der Waals surface area (Å²) in [7, 11) is 5.61. The van der Waals surface area contributed by atoms with Crippen LogP contribution in [0.3, 0.4) is 0 Å². The fraction of sp³-hybridized carbons (Fsp3) is 0.300. The normalized spacial score (nSPS) is 11.1. The maximum atomic E-state index is 13.1. The smallest absolute Gasteiger partial charge is 0.233 e. The molecule has 0 bridgehead atoms. The Hall–Kier alpha value is -2.15. The highest BCUT2D eigenvalue weighted by molar-refractivity contribution is 7.22. The maximum Gasteiger partial charge on any atom is 0.233 e. The summed E-state index contributed by atoms with van der Waals surface area (Å²) in [6.45, 7) is 1.31. The number of amides is 1. The van der Waals surface area contributed by atoms with E-state index in [1.54, 1.807) is 18.1 Å². The molecule has 142 valence electrons. The van der Waals surface area contributed by atoms with Gasteiger partial charge >= 0.3 is 0 Å². The molecule has 7 heteroatoms. The number of fused-ring (bicyclic) bond motifs is 1. The molecular formula is C20H22ClN3O2S. The molecule has 1 aromatic heterocycles. The number of carbonyl (C=O) groups is 1. The number of thiazole rings is 1. The lowest BCUT2D eigenvalue weighted by Gasteiger charge is -2.22. The second kappa shape index (κ2) is 8.69. The van der Waals surface area contributed by atoms with Crippen LogP contribution >= 0.6 is 22.9 Å². The van der Waals surface area contributed by atoms with Crippen molar-refractivity contribution < 1.29 is 9.53 Å². The van der Waals surface area contributed by atoms with Crippen molar-refractivity contribution in [3.05, 3.63) is 53.1 Å². The first-order valence-electron chi connectivity index (χ1n) is 8.61. The number of carbonyl (C=O) groups excluding carboxylic acids is 1. The molecule has 2 aromatic carbocycles. The second-order valence-electron chi connectivity index (χ2n) is 6.45. The average Bonchev–Trinajstić information content (AvgIpc) is 3.06. The Morgan fingerprint density at radius 2 is 1.96 bits per heavy atom. The van der Waals surface area contributed by atoms with Crippen molar-refractivity contribution in [2.75, 3.05) is 39.2 Å². The van der Waals surface area contributed by atoms with Crippen LogP contribution in [0, 0.1) is 0 Å². The van der Waals surface area contributed by atoms with E-state index in [4.69, 9.17) is 16.3 Å². The fourth-order valence-electron chi connectivity index (χ4n) is 2.66. The molecule has 0 spiro atoms. The Labute approximate surface area is 168 Å². The molecule has 0 radical (unpaired) electrons. The van der Waals surface area contributed by atoms with Crippen LogP contribution in [0.5, 0.6) is 5.75 Å². The number of methoxy groups -OCH3 is 1. The summed E-state index contributed by atoms with van der Waals surface area (Å²) < 4.78 is 6.28. The molecular weight excluding hydrogens is 382 g/mol.